The molecule has 1 saturated heterocycles. The Balaban J connectivity index is 1.87. The van der Waals surface area contributed by atoms with Gasteiger partial charge in [-0.3, -0.25) is 0 Å². The Bertz CT molecular complexity index is 171. The van der Waals surface area contributed by atoms with Crippen LogP contribution in [-0.4, -0.2) is 31.8 Å². The van der Waals surface area contributed by atoms with Gasteiger partial charge in [0.05, 0.1) is 0 Å². The summed E-state index contributed by atoms with van der Waals surface area (Å²) in [6, 6.07) is 0. The smallest absolute Gasteiger partial charge is 0.0468 e. The van der Waals surface area contributed by atoms with Gasteiger partial charge in [0.2, 0.25) is 0 Å². The quantitative estimate of drug-likeness (QED) is 0.654. The molecule has 96 valence electrons. The van der Waals surface area contributed by atoms with E-state index in [-0.39, 0.29) is 5.54 Å². The minimum Gasteiger partial charge on any atom is -0.381 e. The van der Waals surface area contributed by atoms with Crippen molar-refractivity contribution in [3.8, 4) is 0 Å². The molecule has 1 heterocycles. The molecule has 0 saturated carbocycles. The molecule has 0 aliphatic carbocycles. The Hall–Kier alpha value is -0.120. The van der Waals surface area contributed by atoms with Gasteiger partial charge in [0, 0.05) is 18.8 Å². The number of nitrogens with one attached hydrogen (secondary N) is 1. The highest BCUT2D eigenvalue weighted by molar-refractivity contribution is 4.71. The summed E-state index contributed by atoms with van der Waals surface area (Å²) in [6.45, 7) is 8.36. The van der Waals surface area contributed by atoms with E-state index in [0.29, 0.717) is 0 Å². The van der Waals surface area contributed by atoms with Gasteiger partial charge in [-0.15, -0.1) is 0 Å². The zero-order chi connectivity index (χ0) is 11.9. The summed E-state index contributed by atoms with van der Waals surface area (Å²) < 4.78 is 5.35. The fourth-order valence-electron chi connectivity index (χ4n) is 2.14. The first-order valence-corrected chi connectivity index (χ1v) is 6.65. The second-order valence-electron chi connectivity index (χ2n) is 5.69. The Kier molecular flexibility index (Phi) is 6.32. The zero-order valence-electron chi connectivity index (χ0n) is 10.9. The number of hydrogen-bond acceptors (Lipinski definition) is 3. The van der Waals surface area contributed by atoms with Crippen molar-refractivity contribution in [2.24, 2.45) is 11.7 Å². The Labute approximate surface area is 100 Å². The molecule has 1 aliphatic rings. The largest absolute Gasteiger partial charge is 0.381 e. The molecule has 0 atom stereocenters. The molecular formula is C13H28N2O. The fourth-order valence-corrected chi connectivity index (χ4v) is 2.14. The standard InChI is InChI=1S/C13H28N2O/c1-13(2,14)7-3-8-15-9-4-12-5-10-16-11-6-12/h12,15H,3-11,14H2,1-2H3. The molecule has 0 aromatic carbocycles. The summed E-state index contributed by atoms with van der Waals surface area (Å²) in [5, 5.41) is 3.51. The third kappa shape index (κ3) is 7.20. The normalized spacial score (nSPS) is 18.9. The van der Waals surface area contributed by atoms with Crippen LogP contribution in [0, 0.1) is 5.92 Å². The summed E-state index contributed by atoms with van der Waals surface area (Å²) in [4.78, 5) is 0. The van der Waals surface area contributed by atoms with Crippen LogP contribution in [0.2, 0.25) is 0 Å². The highest BCUT2D eigenvalue weighted by atomic mass is 16.5. The second kappa shape index (κ2) is 7.25. The highest BCUT2D eigenvalue weighted by Gasteiger charge is 2.13. The minimum atomic E-state index is -0.0115. The van der Waals surface area contributed by atoms with Crippen LogP contribution in [0.15, 0.2) is 0 Å². The molecule has 0 aromatic rings. The first-order chi connectivity index (χ1) is 7.58. The molecule has 3 nitrogen and oxygen atoms in total. The molecule has 0 aromatic heterocycles. The first kappa shape index (κ1) is 13.9. The van der Waals surface area contributed by atoms with Crippen molar-refractivity contribution >= 4 is 0 Å². The van der Waals surface area contributed by atoms with Crippen molar-refractivity contribution in [2.45, 2.75) is 51.5 Å². The van der Waals surface area contributed by atoms with Gasteiger partial charge >= 0.3 is 0 Å². The van der Waals surface area contributed by atoms with Crippen LogP contribution in [0.4, 0.5) is 0 Å². The van der Waals surface area contributed by atoms with E-state index in [4.69, 9.17) is 10.5 Å². The SMILES string of the molecule is CC(C)(N)CCCNCCC1CCOCC1. The molecule has 3 N–H and O–H groups in total. The van der Waals surface area contributed by atoms with E-state index in [1.165, 1.54) is 25.7 Å². The minimum absolute atomic E-state index is 0.0115. The highest BCUT2D eigenvalue weighted by Crippen LogP contribution is 2.17. The number of ether oxygens (including phenoxy) is 1. The Morgan fingerprint density at radius 3 is 2.56 bits per heavy atom. The molecule has 1 fully saturated rings. The lowest BCUT2D eigenvalue weighted by molar-refractivity contribution is 0.0640. The summed E-state index contributed by atoms with van der Waals surface area (Å²) in [5.74, 6) is 0.882. The summed E-state index contributed by atoms with van der Waals surface area (Å²) in [5.41, 5.74) is 5.91. The first-order valence-electron chi connectivity index (χ1n) is 6.65. The van der Waals surface area contributed by atoms with Crippen LogP contribution in [0.3, 0.4) is 0 Å². The average molecular weight is 228 g/mol. The van der Waals surface area contributed by atoms with Crippen molar-refractivity contribution in [2.75, 3.05) is 26.3 Å². The lowest BCUT2D eigenvalue weighted by Gasteiger charge is -2.22. The van der Waals surface area contributed by atoms with Gasteiger partial charge in [-0.25, -0.2) is 0 Å². The molecule has 0 spiro atoms. The van der Waals surface area contributed by atoms with E-state index in [9.17, 15) is 0 Å². The predicted octanol–water partition coefficient (Wildman–Crippen LogP) is 1.91. The number of nitrogens with two attached hydrogens (primary N) is 1. The van der Waals surface area contributed by atoms with Gasteiger partial charge in [-0.1, -0.05) is 0 Å². The van der Waals surface area contributed by atoms with Crippen LogP contribution in [0.1, 0.15) is 46.0 Å². The van der Waals surface area contributed by atoms with E-state index < -0.39 is 0 Å². The van der Waals surface area contributed by atoms with Crippen LogP contribution in [-0.2, 0) is 4.74 Å². The van der Waals surface area contributed by atoms with Gasteiger partial charge in [-0.2, -0.15) is 0 Å². The maximum Gasteiger partial charge on any atom is 0.0468 e. The van der Waals surface area contributed by atoms with Crippen LogP contribution in [0.25, 0.3) is 0 Å². The average Bonchev–Trinajstić information content (AvgIpc) is 2.23. The lowest BCUT2D eigenvalue weighted by Crippen LogP contribution is -2.33. The van der Waals surface area contributed by atoms with E-state index in [1.807, 2.05) is 0 Å². The molecule has 0 radical (unpaired) electrons. The topological polar surface area (TPSA) is 47.3 Å². The molecule has 0 bridgehead atoms. The maximum absolute atomic E-state index is 5.93. The van der Waals surface area contributed by atoms with Crippen LogP contribution >= 0.6 is 0 Å². The van der Waals surface area contributed by atoms with Gasteiger partial charge in [0.1, 0.15) is 0 Å². The van der Waals surface area contributed by atoms with Crippen LogP contribution in [0.5, 0.6) is 0 Å². The molecule has 0 amide bonds. The second-order valence-corrected chi connectivity index (χ2v) is 5.69. The molecule has 3 heteroatoms. The number of hydrogen-bond donors (Lipinski definition) is 2. The third-order valence-electron chi connectivity index (χ3n) is 3.24. The van der Waals surface area contributed by atoms with E-state index >= 15 is 0 Å². The van der Waals surface area contributed by atoms with Crippen molar-refractivity contribution < 1.29 is 4.74 Å². The van der Waals surface area contributed by atoms with Gasteiger partial charge in [0.15, 0.2) is 0 Å². The van der Waals surface area contributed by atoms with Crippen molar-refractivity contribution in [1.82, 2.24) is 5.32 Å². The van der Waals surface area contributed by atoms with Gasteiger partial charge in [-0.05, 0) is 65.0 Å². The monoisotopic (exact) mass is 228 g/mol. The predicted molar refractivity (Wildman–Crippen MR) is 68.5 cm³/mol. The van der Waals surface area contributed by atoms with Gasteiger partial charge < -0.3 is 15.8 Å². The molecular weight excluding hydrogens is 200 g/mol. The zero-order valence-corrected chi connectivity index (χ0v) is 10.9. The molecule has 1 rings (SSSR count). The third-order valence-corrected chi connectivity index (χ3v) is 3.24. The summed E-state index contributed by atoms with van der Waals surface area (Å²) in [6.07, 6.45) is 6.07. The Morgan fingerprint density at radius 2 is 1.94 bits per heavy atom. The number of rotatable bonds is 7. The molecule has 1 aliphatic heterocycles. The summed E-state index contributed by atoms with van der Waals surface area (Å²) >= 11 is 0. The van der Waals surface area contributed by atoms with E-state index in [2.05, 4.69) is 19.2 Å². The summed E-state index contributed by atoms with van der Waals surface area (Å²) in [7, 11) is 0. The van der Waals surface area contributed by atoms with Gasteiger partial charge in [0.25, 0.3) is 0 Å². The fraction of sp³-hybridized carbons (Fsp3) is 1.00. The Morgan fingerprint density at radius 1 is 1.25 bits per heavy atom. The van der Waals surface area contributed by atoms with Crippen LogP contribution < -0.4 is 11.1 Å². The van der Waals surface area contributed by atoms with E-state index in [1.54, 1.807) is 0 Å². The molecule has 16 heavy (non-hydrogen) atoms. The van der Waals surface area contributed by atoms with Crippen molar-refractivity contribution in [1.29, 1.82) is 0 Å². The lowest BCUT2D eigenvalue weighted by atomic mass is 9.96. The maximum atomic E-state index is 5.93. The van der Waals surface area contributed by atoms with Crippen molar-refractivity contribution in [3.63, 3.8) is 0 Å². The van der Waals surface area contributed by atoms with E-state index in [0.717, 1.165) is 38.6 Å². The molecule has 0 unspecified atom stereocenters. The van der Waals surface area contributed by atoms with Crippen molar-refractivity contribution in [3.05, 3.63) is 0 Å².